The van der Waals surface area contributed by atoms with Crippen molar-refractivity contribution in [3.8, 4) is 17.1 Å². The van der Waals surface area contributed by atoms with Crippen LogP contribution < -0.4 is 16.2 Å². The molecular weight excluding hydrogens is 582 g/mol. The third-order valence-electron chi connectivity index (χ3n) is 8.34. The van der Waals surface area contributed by atoms with Crippen LogP contribution in [0.15, 0.2) is 35.5 Å². The first-order chi connectivity index (χ1) is 21.7. The average Bonchev–Trinajstić information content (AvgIpc) is 3.63. The van der Waals surface area contributed by atoms with E-state index in [1.807, 2.05) is 40.9 Å². The third kappa shape index (κ3) is 4.82. The van der Waals surface area contributed by atoms with Crippen molar-refractivity contribution in [2.45, 2.75) is 32.9 Å². The number of primary amides is 1. The molecule has 2 aliphatic rings. The smallest absolute Gasteiger partial charge is 0.299 e. The third-order valence-corrected chi connectivity index (χ3v) is 8.34. The summed E-state index contributed by atoms with van der Waals surface area (Å²) in [6.07, 6.45) is 3.61. The monoisotopic (exact) mass is 613 g/mol. The lowest BCUT2D eigenvalue weighted by molar-refractivity contribution is -0.118. The number of aromatic nitrogens is 8. The van der Waals surface area contributed by atoms with Crippen LogP contribution in [0.4, 0.5) is 5.69 Å². The Balaban J connectivity index is 1.24. The Morgan fingerprint density at radius 3 is 2.58 bits per heavy atom. The first-order valence-electron chi connectivity index (χ1n) is 14.7. The predicted molar refractivity (Wildman–Crippen MR) is 161 cm³/mol. The van der Waals surface area contributed by atoms with Crippen LogP contribution in [0.25, 0.3) is 28.1 Å². The van der Waals surface area contributed by atoms with Gasteiger partial charge in [0.25, 0.3) is 11.5 Å². The van der Waals surface area contributed by atoms with Gasteiger partial charge in [-0.15, -0.1) is 5.10 Å². The molecular formula is C29H31N11O5. The molecule has 0 atom stereocenters. The van der Waals surface area contributed by atoms with E-state index in [4.69, 9.17) is 15.5 Å². The lowest BCUT2D eigenvalue weighted by Gasteiger charge is -2.36. The van der Waals surface area contributed by atoms with Gasteiger partial charge >= 0.3 is 0 Å². The van der Waals surface area contributed by atoms with Crippen molar-refractivity contribution < 1.29 is 19.4 Å². The molecule has 0 saturated carbocycles. The van der Waals surface area contributed by atoms with Crippen molar-refractivity contribution in [3.05, 3.63) is 58.2 Å². The minimum atomic E-state index is -0.588. The van der Waals surface area contributed by atoms with Gasteiger partial charge in [0, 0.05) is 43.3 Å². The summed E-state index contributed by atoms with van der Waals surface area (Å²) < 4.78 is 10.0. The Kier molecular flexibility index (Phi) is 6.92. The average molecular weight is 614 g/mol. The van der Waals surface area contributed by atoms with Gasteiger partial charge in [-0.05, 0) is 31.5 Å². The molecule has 2 aliphatic heterocycles. The highest BCUT2D eigenvalue weighted by atomic mass is 16.5. The van der Waals surface area contributed by atoms with Crippen molar-refractivity contribution in [1.29, 1.82) is 0 Å². The molecule has 16 heteroatoms. The molecule has 2 fully saturated rings. The highest BCUT2D eigenvalue weighted by Gasteiger charge is 2.30. The standard InChI is InChI=1S/C29H31N11O5/c1-3-21-24(36-6-8-37(9-7-36)27(43)23-25(42)16(2)31-15-32-23)28(44)40-29(38(21)12-22(30)41)33-26(35-40)17-4-5-20-18(10-17)11-39(34-20)19-13-45-14-19/h4-5,10-11,15,19,42H,3,6-9,12-14H2,1-2H3,(H2,30,41). The molecule has 6 heterocycles. The summed E-state index contributed by atoms with van der Waals surface area (Å²) in [5.74, 6) is -0.725. The van der Waals surface area contributed by atoms with Crippen LogP contribution in [0.2, 0.25) is 0 Å². The number of hydrogen-bond donors (Lipinski definition) is 2. The summed E-state index contributed by atoms with van der Waals surface area (Å²) in [7, 11) is 0. The first kappa shape index (κ1) is 28.4. The molecule has 4 aromatic heterocycles. The van der Waals surface area contributed by atoms with Crippen molar-refractivity contribution in [3.63, 3.8) is 0 Å². The molecule has 3 N–H and O–H groups in total. The zero-order valence-corrected chi connectivity index (χ0v) is 24.8. The molecule has 0 bridgehead atoms. The van der Waals surface area contributed by atoms with Crippen molar-refractivity contribution in [1.82, 2.24) is 43.8 Å². The highest BCUT2D eigenvalue weighted by molar-refractivity contribution is 5.95. The quantitative estimate of drug-likeness (QED) is 0.256. The number of nitrogens with zero attached hydrogens (tertiary/aromatic N) is 10. The van der Waals surface area contributed by atoms with E-state index in [-0.39, 0.29) is 48.5 Å². The number of benzene rings is 1. The number of piperazine rings is 1. The van der Waals surface area contributed by atoms with Gasteiger partial charge in [-0.3, -0.25) is 19.1 Å². The number of nitrogens with two attached hydrogens (primary N) is 1. The van der Waals surface area contributed by atoms with Crippen LogP contribution in [-0.4, -0.2) is 100 Å². The minimum absolute atomic E-state index is 0.0619. The number of carbonyl (C=O) groups excluding carboxylic acids is 2. The van der Waals surface area contributed by atoms with Crippen LogP contribution in [0.5, 0.6) is 5.75 Å². The molecule has 7 rings (SSSR count). The molecule has 0 unspecified atom stereocenters. The van der Waals surface area contributed by atoms with E-state index in [1.165, 1.54) is 10.8 Å². The maximum Gasteiger partial charge on any atom is 0.299 e. The fraction of sp³-hybridized carbons (Fsp3) is 0.379. The van der Waals surface area contributed by atoms with Gasteiger partial charge in [-0.25, -0.2) is 9.97 Å². The maximum atomic E-state index is 14.1. The van der Waals surface area contributed by atoms with Gasteiger partial charge in [-0.2, -0.15) is 14.6 Å². The van der Waals surface area contributed by atoms with Gasteiger partial charge in [-0.1, -0.05) is 6.92 Å². The SMILES string of the molecule is CCc1c(N2CCN(C(=O)c3ncnc(C)c3O)CC2)c(=O)n2nc(-c3ccc4nn(C5COC5)cc4c3)nc2n1CC(N)=O. The Bertz CT molecular complexity index is 2040. The summed E-state index contributed by atoms with van der Waals surface area (Å²) in [5.41, 5.74) is 8.00. The van der Waals surface area contributed by atoms with Gasteiger partial charge in [0.05, 0.1) is 36.2 Å². The largest absolute Gasteiger partial charge is 0.504 e. The number of aromatic hydroxyl groups is 1. The predicted octanol–water partition coefficient (Wildman–Crippen LogP) is 0.293. The van der Waals surface area contributed by atoms with E-state index in [1.54, 1.807) is 16.4 Å². The van der Waals surface area contributed by atoms with Gasteiger partial charge in [0.15, 0.2) is 17.3 Å². The second-order valence-electron chi connectivity index (χ2n) is 11.2. The van der Waals surface area contributed by atoms with Gasteiger partial charge in [0.2, 0.25) is 11.7 Å². The normalized spacial score (nSPS) is 15.6. The van der Waals surface area contributed by atoms with Gasteiger partial charge < -0.3 is 29.9 Å². The molecule has 2 amide bonds. The topological polar surface area (TPSA) is 192 Å². The minimum Gasteiger partial charge on any atom is -0.504 e. The van der Waals surface area contributed by atoms with Crippen molar-refractivity contribution in [2.75, 3.05) is 44.3 Å². The lowest BCUT2D eigenvalue weighted by atomic mass is 10.1. The van der Waals surface area contributed by atoms with Gasteiger partial charge in [0.1, 0.15) is 18.6 Å². The molecule has 0 spiro atoms. The van der Waals surface area contributed by atoms with Crippen LogP contribution in [0.3, 0.4) is 0 Å². The molecule has 45 heavy (non-hydrogen) atoms. The molecule has 5 aromatic rings. The fourth-order valence-corrected chi connectivity index (χ4v) is 5.86. The van der Waals surface area contributed by atoms with E-state index in [2.05, 4.69) is 20.2 Å². The molecule has 0 aliphatic carbocycles. The molecule has 2 saturated heterocycles. The van der Waals surface area contributed by atoms with E-state index in [0.717, 1.165) is 10.9 Å². The van der Waals surface area contributed by atoms with E-state index < -0.39 is 11.8 Å². The Morgan fingerprint density at radius 2 is 1.89 bits per heavy atom. The Hall–Kier alpha value is -5.38. The maximum absolute atomic E-state index is 14.1. The summed E-state index contributed by atoms with van der Waals surface area (Å²) in [5, 5.41) is 20.5. The highest BCUT2D eigenvalue weighted by Crippen LogP contribution is 2.27. The van der Waals surface area contributed by atoms with E-state index in [0.29, 0.717) is 61.2 Å². The summed E-state index contributed by atoms with van der Waals surface area (Å²) in [6, 6.07) is 5.86. The zero-order chi connectivity index (χ0) is 31.4. The molecule has 1 aromatic carbocycles. The van der Waals surface area contributed by atoms with E-state index in [9.17, 15) is 19.5 Å². The first-order valence-corrected chi connectivity index (χ1v) is 14.7. The Labute approximate surface area is 255 Å². The number of aryl methyl sites for hydroxylation is 1. The number of amides is 2. The van der Waals surface area contributed by atoms with Crippen molar-refractivity contribution in [2.24, 2.45) is 5.73 Å². The summed E-state index contributed by atoms with van der Waals surface area (Å²) >= 11 is 0. The van der Waals surface area contributed by atoms with E-state index >= 15 is 0 Å². The lowest BCUT2D eigenvalue weighted by Crippen LogP contribution is -2.51. The van der Waals surface area contributed by atoms with Crippen molar-refractivity contribution >= 4 is 34.2 Å². The van der Waals surface area contributed by atoms with Crippen LogP contribution in [0.1, 0.15) is 34.8 Å². The number of fused-ring (bicyclic) bond motifs is 2. The number of carbonyl (C=O) groups is 2. The number of rotatable bonds is 7. The van der Waals surface area contributed by atoms with Crippen LogP contribution >= 0.6 is 0 Å². The summed E-state index contributed by atoms with van der Waals surface area (Å²) in [4.78, 5) is 55.5. The van der Waals surface area contributed by atoms with Crippen LogP contribution in [0, 0.1) is 6.92 Å². The number of ether oxygens (including phenoxy) is 1. The number of anilines is 1. The molecule has 232 valence electrons. The van der Waals surface area contributed by atoms with Crippen LogP contribution in [-0.2, 0) is 22.5 Å². The molecule has 0 radical (unpaired) electrons. The zero-order valence-electron chi connectivity index (χ0n) is 24.8. The molecule has 16 nitrogen and oxygen atoms in total. The summed E-state index contributed by atoms with van der Waals surface area (Å²) in [6.45, 7) is 5.75. The number of hydrogen-bond acceptors (Lipinski definition) is 11. The fourth-order valence-electron chi connectivity index (χ4n) is 5.86. The second-order valence-corrected chi connectivity index (χ2v) is 11.2. The second kappa shape index (κ2) is 11.0. The Morgan fingerprint density at radius 1 is 1.11 bits per heavy atom.